The Hall–Kier alpha value is -2.24. The number of carbonyl (C=O) groups excluding carboxylic acids is 2. The number of carbonyl (C=O) groups is 2. The molecule has 1 aliphatic heterocycles. The van der Waals surface area contributed by atoms with Crippen molar-refractivity contribution in [1.82, 2.24) is 15.1 Å². The van der Waals surface area contributed by atoms with Crippen LogP contribution in [0.3, 0.4) is 0 Å². The molecule has 138 valence electrons. The summed E-state index contributed by atoms with van der Waals surface area (Å²) in [6.07, 6.45) is 0. The lowest BCUT2D eigenvalue weighted by molar-refractivity contribution is -0.134. The Morgan fingerprint density at radius 2 is 1.60 bits per heavy atom. The summed E-state index contributed by atoms with van der Waals surface area (Å²) < 4.78 is 5.54. The molecule has 0 atom stereocenters. The van der Waals surface area contributed by atoms with E-state index in [2.05, 4.69) is 26.1 Å². The van der Waals surface area contributed by atoms with Crippen LogP contribution >= 0.6 is 0 Å². The molecule has 6 nitrogen and oxygen atoms in total. The Bertz CT molecular complexity index is 585. The van der Waals surface area contributed by atoms with Gasteiger partial charge in [0.15, 0.2) is 6.61 Å². The molecule has 1 aromatic rings. The van der Waals surface area contributed by atoms with Crippen molar-refractivity contribution in [3.63, 3.8) is 0 Å². The molecule has 0 saturated carbocycles. The van der Waals surface area contributed by atoms with Gasteiger partial charge in [-0.1, -0.05) is 38.5 Å². The van der Waals surface area contributed by atoms with Crippen molar-refractivity contribution < 1.29 is 14.3 Å². The summed E-state index contributed by atoms with van der Waals surface area (Å²) in [5, 5.41) is 2.95. The minimum atomic E-state index is -0.0575. The lowest BCUT2D eigenvalue weighted by atomic mass is 9.97. The Balaban J connectivity index is 1.72. The maximum Gasteiger partial charge on any atom is 0.317 e. The summed E-state index contributed by atoms with van der Waals surface area (Å²) in [7, 11) is 0. The highest BCUT2D eigenvalue weighted by Crippen LogP contribution is 2.13. The number of nitrogens with zero attached hydrogens (tertiary/aromatic N) is 2. The highest BCUT2D eigenvalue weighted by atomic mass is 16.5. The van der Waals surface area contributed by atoms with Crippen LogP contribution in [0.15, 0.2) is 24.3 Å². The quantitative estimate of drug-likeness (QED) is 0.909. The van der Waals surface area contributed by atoms with Crippen LogP contribution in [0, 0.1) is 12.3 Å². The number of urea groups is 1. The average Bonchev–Trinajstić information content (AvgIpc) is 2.58. The molecule has 0 spiro atoms. The minimum absolute atomic E-state index is 0.0271. The molecule has 1 aliphatic rings. The molecule has 1 saturated heterocycles. The first-order valence-electron chi connectivity index (χ1n) is 8.75. The van der Waals surface area contributed by atoms with Gasteiger partial charge in [-0.2, -0.15) is 0 Å². The second-order valence-electron chi connectivity index (χ2n) is 7.69. The Kier molecular flexibility index (Phi) is 6.28. The van der Waals surface area contributed by atoms with Crippen molar-refractivity contribution in [3.05, 3.63) is 29.8 Å². The molecule has 1 heterocycles. The third kappa shape index (κ3) is 6.29. The summed E-state index contributed by atoms with van der Waals surface area (Å²) >= 11 is 0. The third-order valence-corrected chi connectivity index (χ3v) is 4.07. The SMILES string of the molecule is Cc1ccc(OCC(=O)N2CCN(C(=O)NCC(C)(C)C)CC2)cc1. The van der Waals surface area contributed by atoms with E-state index in [0.29, 0.717) is 38.5 Å². The van der Waals surface area contributed by atoms with Gasteiger partial charge in [0.2, 0.25) is 0 Å². The first-order valence-corrected chi connectivity index (χ1v) is 8.75. The highest BCUT2D eigenvalue weighted by Gasteiger charge is 2.25. The van der Waals surface area contributed by atoms with Gasteiger partial charge in [0.1, 0.15) is 5.75 Å². The molecular weight excluding hydrogens is 318 g/mol. The number of aryl methyl sites for hydroxylation is 1. The maximum atomic E-state index is 12.3. The highest BCUT2D eigenvalue weighted by molar-refractivity contribution is 5.79. The molecule has 1 aromatic carbocycles. The number of hydrogen-bond acceptors (Lipinski definition) is 3. The van der Waals surface area contributed by atoms with Crippen LogP contribution in [-0.2, 0) is 4.79 Å². The van der Waals surface area contributed by atoms with Crippen LogP contribution in [0.25, 0.3) is 0 Å². The smallest absolute Gasteiger partial charge is 0.317 e. The molecule has 0 aromatic heterocycles. The fraction of sp³-hybridized carbons (Fsp3) is 0.579. The monoisotopic (exact) mass is 347 g/mol. The Morgan fingerprint density at radius 3 is 2.16 bits per heavy atom. The molecule has 1 N–H and O–H groups in total. The fourth-order valence-corrected chi connectivity index (χ4v) is 2.48. The van der Waals surface area contributed by atoms with Crippen molar-refractivity contribution in [2.24, 2.45) is 5.41 Å². The molecule has 6 heteroatoms. The van der Waals surface area contributed by atoms with Gasteiger partial charge in [0.25, 0.3) is 5.91 Å². The molecule has 3 amide bonds. The molecule has 25 heavy (non-hydrogen) atoms. The van der Waals surface area contributed by atoms with Gasteiger partial charge < -0.3 is 19.9 Å². The largest absolute Gasteiger partial charge is 0.484 e. The van der Waals surface area contributed by atoms with Gasteiger partial charge in [-0.25, -0.2) is 4.79 Å². The van der Waals surface area contributed by atoms with E-state index in [0.717, 1.165) is 5.56 Å². The van der Waals surface area contributed by atoms with Crippen molar-refractivity contribution in [1.29, 1.82) is 0 Å². The summed E-state index contributed by atoms with van der Waals surface area (Å²) in [6, 6.07) is 7.57. The number of ether oxygens (including phenoxy) is 1. The maximum absolute atomic E-state index is 12.3. The molecule has 0 unspecified atom stereocenters. The predicted molar refractivity (Wildman–Crippen MR) is 97.7 cm³/mol. The van der Waals surface area contributed by atoms with Crippen molar-refractivity contribution in [2.75, 3.05) is 39.3 Å². The minimum Gasteiger partial charge on any atom is -0.484 e. The summed E-state index contributed by atoms with van der Waals surface area (Å²) in [6.45, 7) is 11.1. The molecule has 0 aliphatic carbocycles. The molecule has 1 fully saturated rings. The zero-order valence-corrected chi connectivity index (χ0v) is 15.7. The number of benzene rings is 1. The van der Waals surface area contributed by atoms with Crippen molar-refractivity contribution in [2.45, 2.75) is 27.7 Å². The van der Waals surface area contributed by atoms with Gasteiger partial charge in [0, 0.05) is 32.7 Å². The van der Waals surface area contributed by atoms with Crippen molar-refractivity contribution in [3.8, 4) is 5.75 Å². The van der Waals surface area contributed by atoms with Crippen LogP contribution < -0.4 is 10.1 Å². The van der Waals surface area contributed by atoms with E-state index in [1.54, 1.807) is 9.80 Å². The summed E-state index contributed by atoms with van der Waals surface area (Å²) in [4.78, 5) is 27.9. The molecule has 0 radical (unpaired) electrons. The van der Waals surface area contributed by atoms with E-state index in [4.69, 9.17) is 4.74 Å². The average molecular weight is 347 g/mol. The lowest BCUT2D eigenvalue weighted by Gasteiger charge is -2.35. The first kappa shape index (κ1) is 19.1. The van der Waals surface area contributed by atoms with Crippen LogP contribution in [0.1, 0.15) is 26.3 Å². The van der Waals surface area contributed by atoms with Gasteiger partial charge in [-0.05, 0) is 24.5 Å². The van der Waals surface area contributed by atoms with E-state index >= 15 is 0 Å². The number of amides is 3. The van der Waals surface area contributed by atoms with E-state index in [9.17, 15) is 9.59 Å². The third-order valence-electron chi connectivity index (χ3n) is 4.07. The molecule has 0 bridgehead atoms. The number of hydrogen-bond donors (Lipinski definition) is 1. The van der Waals surface area contributed by atoms with Gasteiger partial charge >= 0.3 is 6.03 Å². The topological polar surface area (TPSA) is 61.9 Å². The van der Waals surface area contributed by atoms with E-state index in [1.165, 1.54) is 0 Å². The van der Waals surface area contributed by atoms with Crippen LogP contribution in [0.5, 0.6) is 5.75 Å². The van der Waals surface area contributed by atoms with Crippen LogP contribution in [0.4, 0.5) is 4.79 Å². The number of piperazine rings is 1. The van der Waals surface area contributed by atoms with Crippen molar-refractivity contribution >= 4 is 11.9 Å². The normalized spacial score (nSPS) is 15.0. The van der Waals surface area contributed by atoms with Crippen LogP contribution in [-0.4, -0.2) is 61.1 Å². The second-order valence-corrected chi connectivity index (χ2v) is 7.69. The Morgan fingerprint density at radius 1 is 1.04 bits per heavy atom. The standard InChI is InChI=1S/C19H29N3O3/c1-15-5-7-16(8-6-15)25-13-17(23)21-9-11-22(12-10-21)18(24)20-14-19(2,3)4/h5-8H,9-14H2,1-4H3,(H,20,24). The fourth-order valence-electron chi connectivity index (χ4n) is 2.48. The molecule has 2 rings (SSSR count). The van der Waals surface area contributed by atoms with Gasteiger partial charge in [-0.15, -0.1) is 0 Å². The van der Waals surface area contributed by atoms with Gasteiger partial charge in [0.05, 0.1) is 0 Å². The first-order chi connectivity index (χ1) is 11.7. The predicted octanol–water partition coefficient (Wildman–Crippen LogP) is 2.27. The van der Waals surface area contributed by atoms with E-state index in [-0.39, 0.29) is 24.0 Å². The van der Waals surface area contributed by atoms with Gasteiger partial charge in [-0.3, -0.25) is 4.79 Å². The lowest BCUT2D eigenvalue weighted by Crippen LogP contribution is -2.54. The number of nitrogens with one attached hydrogen (secondary N) is 1. The van der Waals surface area contributed by atoms with E-state index in [1.807, 2.05) is 31.2 Å². The zero-order valence-electron chi connectivity index (χ0n) is 15.7. The summed E-state index contributed by atoms with van der Waals surface area (Å²) in [5.41, 5.74) is 1.21. The molecular formula is C19H29N3O3. The van der Waals surface area contributed by atoms with E-state index < -0.39 is 0 Å². The summed E-state index contributed by atoms with van der Waals surface area (Å²) in [5.74, 6) is 0.648. The zero-order chi connectivity index (χ0) is 18.4. The van der Waals surface area contributed by atoms with Crippen LogP contribution in [0.2, 0.25) is 0 Å². The number of rotatable bonds is 4. The Labute approximate surface area is 150 Å². The second kappa shape index (κ2) is 8.23.